The standard InChI is InChI=1S/C21H22ClN3O2/c22-18-19(21(27)17-4-2-1-3-16(17)20(18)26)24-13-14-5-7-15(8-6-14)25-11-9-23-10-12-25/h1-8,18-19,23-24H,9-13H2. The van der Waals surface area contributed by atoms with Crippen LogP contribution in [-0.2, 0) is 6.54 Å². The van der Waals surface area contributed by atoms with Gasteiger partial charge in [-0.3, -0.25) is 9.59 Å². The number of carbonyl (C=O) groups excluding carboxylic acids is 2. The second-order valence-corrected chi connectivity index (χ2v) is 7.41. The highest BCUT2D eigenvalue weighted by molar-refractivity contribution is 6.39. The zero-order valence-electron chi connectivity index (χ0n) is 15.0. The summed E-state index contributed by atoms with van der Waals surface area (Å²) in [5, 5.41) is 5.65. The van der Waals surface area contributed by atoms with Crippen molar-refractivity contribution >= 4 is 28.9 Å². The normalized spacial score (nSPS) is 22.6. The molecule has 140 valence electrons. The first-order valence-electron chi connectivity index (χ1n) is 9.24. The first kappa shape index (κ1) is 18.2. The van der Waals surface area contributed by atoms with Crippen molar-refractivity contribution in [3.8, 4) is 0 Å². The van der Waals surface area contributed by atoms with E-state index in [4.69, 9.17) is 11.6 Å². The number of ketones is 2. The third-order valence-electron chi connectivity index (χ3n) is 5.23. The lowest BCUT2D eigenvalue weighted by Gasteiger charge is -2.29. The van der Waals surface area contributed by atoms with E-state index in [9.17, 15) is 9.59 Å². The van der Waals surface area contributed by atoms with E-state index in [1.165, 1.54) is 5.69 Å². The molecule has 2 atom stereocenters. The topological polar surface area (TPSA) is 61.4 Å². The highest BCUT2D eigenvalue weighted by Crippen LogP contribution is 2.25. The second kappa shape index (κ2) is 7.80. The molecule has 1 heterocycles. The minimum atomic E-state index is -0.882. The number of anilines is 1. The monoisotopic (exact) mass is 383 g/mol. The summed E-state index contributed by atoms with van der Waals surface area (Å²) in [5.74, 6) is -0.318. The van der Waals surface area contributed by atoms with Crippen LogP contribution in [0.1, 0.15) is 26.3 Å². The van der Waals surface area contributed by atoms with E-state index in [-0.39, 0.29) is 11.6 Å². The van der Waals surface area contributed by atoms with Crippen LogP contribution in [0.3, 0.4) is 0 Å². The maximum atomic E-state index is 12.7. The lowest BCUT2D eigenvalue weighted by atomic mass is 9.85. The predicted molar refractivity (Wildman–Crippen MR) is 107 cm³/mol. The van der Waals surface area contributed by atoms with Gasteiger partial charge in [0.1, 0.15) is 5.38 Å². The number of nitrogens with zero attached hydrogens (tertiary/aromatic N) is 1. The van der Waals surface area contributed by atoms with Crippen molar-refractivity contribution in [3.05, 3.63) is 65.2 Å². The Kier molecular flexibility index (Phi) is 5.25. The fraction of sp³-hybridized carbons (Fsp3) is 0.333. The molecule has 1 fully saturated rings. The van der Waals surface area contributed by atoms with Crippen LogP contribution in [0.2, 0.25) is 0 Å². The molecule has 2 aromatic rings. The number of piperazine rings is 1. The second-order valence-electron chi connectivity index (χ2n) is 6.94. The summed E-state index contributed by atoms with van der Waals surface area (Å²) < 4.78 is 0. The third-order valence-corrected chi connectivity index (χ3v) is 5.68. The number of rotatable bonds is 4. The number of Topliss-reactive ketones (excluding diaryl/α,β-unsaturated/α-hetero) is 2. The van der Waals surface area contributed by atoms with Gasteiger partial charge >= 0.3 is 0 Å². The number of carbonyl (C=O) groups is 2. The fourth-order valence-electron chi connectivity index (χ4n) is 3.68. The molecule has 0 aromatic heterocycles. The third kappa shape index (κ3) is 3.63. The molecule has 0 radical (unpaired) electrons. The molecule has 1 aliphatic carbocycles. The Morgan fingerprint density at radius 1 is 0.963 bits per heavy atom. The Hall–Kier alpha value is -2.21. The molecular weight excluding hydrogens is 362 g/mol. The Morgan fingerprint density at radius 3 is 2.26 bits per heavy atom. The van der Waals surface area contributed by atoms with Crippen LogP contribution in [0.15, 0.2) is 48.5 Å². The molecule has 0 saturated carbocycles. The molecule has 5 nitrogen and oxygen atoms in total. The van der Waals surface area contributed by atoms with Crippen LogP contribution in [0.25, 0.3) is 0 Å². The van der Waals surface area contributed by atoms with E-state index in [0.29, 0.717) is 17.7 Å². The largest absolute Gasteiger partial charge is 0.369 e. The molecule has 0 spiro atoms. The van der Waals surface area contributed by atoms with Gasteiger partial charge in [0.05, 0.1) is 6.04 Å². The summed E-state index contributed by atoms with van der Waals surface area (Å²) in [6.07, 6.45) is 0. The van der Waals surface area contributed by atoms with Gasteiger partial charge in [-0.15, -0.1) is 11.6 Å². The summed E-state index contributed by atoms with van der Waals surface area (Å²) in [6.45, 7) is 4.49. The molecule has 2 aliphatic rings. The van der Waals surface area contributed by atoms with Gasteiger partial charge in [-0.2, -0.15) is 0 Å². The number of nitrogens with one attached hydrogen (secondary N) is 2. The number of hydrogen-bond acceptors (Lipinski definition) is 5. The highest BCUT2D eigenvalue weighted by atomic mass is 35.5. The Morgan fingerprint density at radius 2 is 1.59 bits per heavy atom. The van der Waals surface area contributed by atoms with Gasteiger partial charge in [0, 0.05) is 49.5 Å². The van der Waals surface area contributed by atoms with E-state index >= 15 is 0 Å². The summed E-state index contributed by atoms with van der Waals surface area (Å²) in [7, 11) is 0. The Labute approximate surface area is 163 Å². The van der Waals surface area contributed by atoms with Crippen LogP contribution >= 0.6 is 11.6 Å². The molecule has 0 bridgehead atoms. The molecule has 27 heavy (non-hydrogen) atoms. The average molecular weight is 384 g/mol. The molecule has 6 heteroatoms. The van der Waals surface area contributed by atoms with E-state index < -0.39 is 11.4 Å². The fourth-order valence-corrected chi connectivity index (χ4v) is 4.01. The van der Waals surface area contributed by atoms with Gasteiger partial charge in [0.15, 0.2) is 11.6 Å². The summed E-state index contributed by atoms with van der Waals surface area (Å²) in [6, 6.07) is 14.5. The number of fused-ring (bicyclic) bond motifs is 1. The van der Waals surface area contributed by atoms with Gasteiger partial charge < -0.3 is 15.5 Å². The number of halogens is 1. The van der Waals surface area contributed by atoms with Gasteiger partial charge in [-0.1, -0.05) is 36.4 Å². The van der Waals surface area contributed by atoms with Crippen LogP contribution < -0.4 is 15.5 Å². The number of benzene rings is 2. The SMILES string of the molecule is O=C1c2ccccc2C(=O)C(NCc2ccc(N3CCNCC3)cc2)C1Cl. The number of hydrogen-bond donors (Lipinski definition) is 2. The maximum Gasteiger partial charge on any atom is 0.183 e. The predicted octanol–water partition coefficient (Wildman–Crippen LogP) is 2.24. The van der Waals surface area contributed by atoms with Crippen molar-refractivity contribution < 1.29 is 9.59 Å². The van der Waals surface area contributed by atoms with Crippen LogP contribution in [0, 0.1) is 0 Å². The van der Waals surface area contributed by atoms with E-state index in [1.54, 1.807) is 24.3 Å². The molecule has 2 N–H and O–H groups in total. The van der Waals surface area contributed by atoms with Gasteiger partial charge in [0.25, 0.3) is 0 Å². The lowest BCUT2D eigenvalue weighted by Crippen LogP contribution is -2.50. The van der Waals surface area contributed by atoms with E-state index in [2.05, 4.69) is 39.8 Å². The first-order chi connectivity index (χ1) is 13.1. The van der Waals surface area contributed by atoms with Crippen LogP contribution in [0.5, 0.6) is 0 Å². The highest BCUT2D eigenvalue weighted by Gasteiger charge is 2.39. The summed E-state index contributed by atoms with van der Waals surface area (Å²) in [5.41, 5.74) is 3.12. The van der Waals surface area contributed by atoms with E-state index in [0.717, 1.165) is 31.7 Å². The van der Waals surface area contributed by atoms with Gasteiger partial charge in [-0.05, 0) is 17.7 Å². The van der Waals surface area contributed by atoms with Crippen molar-refractivity contribution in [2.24, 2.45) is 0 Å². The summed E-state index contributed by atoms with van der Waals surface area (Å²) in [4.78, 5) is 27.6. The van der Waals surface area contributed by atoms with Crippen LogP contribution in [0.4, 0.5) is 5.69 Å². The maximum absolute atomic E-state index is 12.7. The minimum absolute atomic E-state index is 0.123. The first-order valence-corrected chi connectivity index (χ1v) is 9.68. The van der Waals surface area contributed by atoms with Gasteiger partial charge in [0.2, 0.25) is 0 Å². The molecule has 1 aliphatic heterocycles. The molecule has 4 rings (SSSR count). The average Bonchev–Trinajstić information content (AvgIpc) is 2.73. The Bertz CT molecular complexity index is 847. The smallest absolute Gasteiger partial charge is 0.183 e. The Balaban J connectivity index is 1.44. The van der Waals surface area contributed by atoms with Crippen molar-refractivity contribution in [1.29, 1.82) is 0 Å². The minimum Gasteiger partial charge on any atom is -0.369 e. The van der Waals surface area contributed by atoms with Crippen molar-refractivity contribution in [2.45, 2.75) is 18.0 Å². The molecular formula is C21H22ClN3O2. The molecule has 2 aromatic carbocycles. The summed E-state index contributed by atoms with van der Waals surface area (Å²) >= 11 is 6.30. The molecule has 1 saturated heterocycles. The van der Waals surface area contributed by atoms with E-state index in [1.807, 2.05) is 0 Å². The van der Waals surface area contributed by atoms with Crippen LogP contribution in [-0.4, -0.2) is 49.2 Å². The van der Waals surface area contributed by atoms with Crippen molar-refractivity contribution in [2.75, 3.05) is 31.1 Å². The van der Waals surface area contributed by atoms with Crippen molar-refractivity contribution in [3.63, 3.8) is 0 Å². The molecule has 0 amide bonds. The van der Waals surface area contributed by atoms with Crippen molar-refractivity contribution in [1.82, 2.24) is 10.6 Å². The van der Waals surface area contributed by atoms with Gasteiger partial charge in [-0.25, -0.2) is 0 Å². The quantitative estimate of drug-likeness (QED) is 0.793. The molecule has 2 unspecified atom stereocenters. The zero-order chi connectivity index (χ0) is 18.8. The lowest BCUT2D eigenvalue weighted by molar-refractivity contribution is 0.0853. The zero-order valence-corrected chi connectivity index (χ0v) is 15.7. The number of alkyl halides is 1.